The third-order valence-corrected chi connectivity index (χ3v) is 4.21. The molecule has 1 atom stereocenters. The third kappa shape index (κ3) is 5.24. The minimum atomic E-state index is -1.07. The van der Waals surface area contributed by atoms with Crippen LogP contribution in [0.15, 0.2) is 30.3 Å². The van der Waals surface area contributed by atoms with Gasteiger partial charge in [0.2, 0.25) is 0 Å². The number of hydrogen-bond donors (Lipinski definition) is 1. The van der Waals surface area contributed by atoms with E-state index in [9.17, 15) is 9.90 Å². The molecule has 1 N–H and O–H groups in total. The number of piperidine rings is 1. The fourth-order valence-electron chi connectivity index (χ4n) is 3.08. The van der Waals surface area contributed by atoms with Gasteiger partial charge >= 0.3 is 6.09 Å². The molecule has 4 heteroatoms. The van der Waals surface area contributed by atoms with Gasteiger partial charge in [0, 0.05) is 6.54 Å². The van der Waals surface area contributed by atoms with E-state index in [1.807, 2.05) is 39.0 Å². The van der Waals surface area contributed by atoms with Crippen molar-refractivity contribution in [1.82, 2.24) is 4.90 Å². The van der Waals surface area contributed by atoms with Crippen LogP contribution in [0.5, 0.6) is 0 Å². The molecule has 0 aliphatic carbocycles. The summed E-state index contributed by atoms with van der Waals surface area (Å²) >= 11 is 0. The largest absolute Gasteiger partial charge is 0.444 e. The first-order valence-corrected chi connectivity index (χ1v) is 8.57. The fraction of sp³-hybridized carbons (Fsp3) is 0.632. The first kappa shape index (κ1) is 17.8. The van der Waals surface area contributed by atoms with Crippen molar-refractivity contribution in [3.63, 3.8) is 0 Å². The highest BCUT2D eigenvalue weighted by molar-refractivity contribution is 5.69. The molecule has 0 radical (unpaired) electrons. The zero-order valence-corrected chi connectivity index (χ0v) is 14.5. The number of hydrogen-bond acceptors (Lipinski definition) is 3. The zero-order valence-electron chi connectivity index (χ0n) is 14.5. The van der Waals surface area contributed by atoms with E-state index >= 15 is 0 Å². The second-order valence-electron chi connectivity index (χ2n) is 7.41. The van der Waals surface area contributed by atoms with Crippen LogP contribution in [-0.2, 0) is 11.2 Å². The number of nitrogens with zero attached hydrogens (tertiary/aromatic N) is 1. The maximum atomic E-state index is 12.4. The van der Waals surface area contributed by atoms with Crippen molar-refractivity contribution in [2.24, 2.45) is 0 Å². The van der Waals surface area contributed by atoms with E-state index in [1.165, 1.54) is 10.5 Å². The minimum Gasteiger partial charge on any atom is -0.444 e. The molecule has 128 valence electrons. The Morgan fingerprint density at radius 2 is 1.96 bits per heavy atom. The number of likely N-dealkylation sites (tertiary alicyclic amines) is 1. The molecule has 0 saturated carbocycles. The smallest absolute Gasteiger partial charge is 0.412 e. The highest BCUT2D eigenvalue weighted by Gasteiger charge is 2.41. The van der Waals surface area contributed by atoms with Gasteiger partial charge in [-0.25, -0.2) is 4.79 Å². The van der Waals surface area contributed by atoms with E-state index < -0.39 is 17.4 Å². The van der Waals surface area contributed by atoms with Gasteiger partial charge in [-0.3, -0.25) is 4.90 Å². The summed E-state index contributed by atoms with van der Waals surface area (Å²) in [6.07, 6.45) is 4.42. The van der Waals surface area contributed by atoms with Crippen molar-refractivity contribution in [2.45, 2.75) is 70.6 Å². The SMILES string of the molecule is CC(C)(C)OC(=O)N1CCCC[C@@]1(O)CCCc1ccccc1. The Bertz CT molecular complexity index is 509. The number of rotatable bonds is 4. The van der Waals surface area contributed by atoms with Gasteiger partial charge in [0.25, 0.3) is 0 Å². The number of amides is 1. The van der Waals surface area contributed by atoms with E-state index in [4.69, 9.17) is 4.74 Å². The highest BCUT2D eigenvalue weighted by Crippen LogP contribution is 2.32. The van der Waals surface area contributed by atoms with Gasteiger partial charge < -0.3 is 9.84 Å². The molecule has 1 aromatic rings. The van der Waals surface area contributed by atoms with Crippen molar-refractivity contribution in [3.8, 4) is 0 Å². The summed E-state index contributed by atoms with van der Waals surface area (Å²) in [5.41, 5.74) is -0.356. The number of carbonyl (C=O) groups is 1. The molecule has 4 nitrogen and oxygen atoms in total. The molecule has 23 heavy (non-hydrogen) atoms. The molecule has 1 fully saturated rings. The molecule has 0 aromatic heterocycles. The Morgan fingerprint density at radius 1 is 1.26 bits per heavy atom. The zero-order chi connectivity index (χ0) is 16.9. The van der Waals surface area contributed by atoms with Crippen molar-refractivity contribution in [1.29, 1.82) is 0 Å². The maximum Gasteiger partial charge on any atom is 0.412 e. The van der Waals surface area contributed by atoms with Crippen molar-refractivity contribution in [2.75, 3.05) is 6.54 Å². The average Bonchev–Trinajstić information content (AvgIpc) is 2.46. The van der Waals surface area contributed by atoms with Gasteiger partial charge in [0.1, 0.15) is 11.3 Å². The molecule has 1 saturated heterocycles. The third-order valence-electron chi connectivity index (χ3n) is 4.21. The van der Waals surface area contributed by atoms with Crippen molar-refractivity contribution >= 4 is 6.09 Å². The van der Waals surface area contributed by atoms with E-state index in [-0.39, 0.29) is 0 Å². The highest BCUT2D eigenvalue weighted by atomic mass is 16.6. The summed E-state index contributed by atoms with van der Waals surface area (Å²) in [4.78, 5) is 13.9. The predicted octanol–water partition coefficient (Wildman–Crippen LogP) is 4.12. The second kappa shape index (κ2) is 7.35. The molecule has 1 amide bonds. The minimum absolute atomic E-state index is 0.403. The van der Waals surface area contributed by atoms with E-state index in [2.05, 4.69) is 12.1 Å². The Labute approximate surface area is 139 Å². The first-order chi connectivity index (χ1) is 10.8. The molecule has 0 unspecified atom stereocenters. The number of carbonyl (C=O) groups excluding carboxylic acids is 1. The van der Waals surface area contributed by atoms with Crippen molar-refractivity contribution < 1.29 is 14.6 Å². The monoisotopic (exact) mass is 319 g/mol. The summed E-state index contributed by atoms with van der Waals surface area (Å²) in [7, 11) is 0. The molecule has 1 aliphatic heterocycles. The van der Waals surface area contributed by atoms with Gasteiger partial charge in [-0.2, -0.15) is 0 Å². The predicted molar refractivity (Wildman–Crippen MR) is 91.1 cm³/mol. The second-order valence-corrected chi connectivity index (χ2v) is 7.41. The number of aryl methyl sites for hydroxylation is 1. The molecule has 1 heterocycles. The summed E-state index contributed by atoms with van der Waals surface area (Å²) in [5.74, 6) is 0. The topological polar surface area (TPSA) is 49.8 Å². The summed E-state index contributed by atoms with van der Waals surface area (Å²) < 4.78 is 5.46. The first-order valence-electron chi connectivity index (χ1n) is 8.57. The van der Waals surface area contributed by atoms with Crippen LogP contribution < -0.4 is 0 Å². The number of aliphatic hydroxyl groups is 1. The molecule has 1 aromatic carbocycles. The van der Waals surface area contributed by atoms with E-state index in [0.717, 1.165) is 25.7 Å². The number of ether oxygens (including phenoxy) is 1. The molecular weight excluding hydrogens is 290 g/mol. The quantitative estimate of drug-likeness (QED) is 0.908. The lowest BCUT2D eigenvalue weighted by Crippen LogP contribution is -2.55. The van der Waals surface area contributed by atoms with Crippen LogP contribution in [-0.4, -0.2) is 34.0 Å². The van der Waals surface area contributed by atoms with Gasteiger partial charge in [0.05, 0.1) is 0 Å². The normalized spacial score (nSPS) is 22.0. The summed E-state index contributed by atoms with van der Waals surface area (Å²) in [5, 5.41) is 11.0. The van der Waals surface area contributed by atoms with E-state index in [1.54, 1.807) is 0 Å². The van der Waals surface area contributed by atoms with Crippen LogP contribution in [0, 0.1) is 0 Å². The Morgan fingerprint density at radius 3 is 2.61 bits per heavy atom. The van der Waals surface area contributed by atoms with Crippen molar-refractivity contribution in [3.05, 3.63) is 35.9 Å². The fourth-order valence-corrected chi connectivity index (χ4v) is 3.08. The molecule has 2 rings (SSSR count). The standard InChI is InChI=1S/C19H29NO3/c1-18(2,3)23-17(21)20-15-8-7-13-19(20,22)14-9-12-16-10-5-4-6-11-16/h4-6,10-11,22H,7-9,12-15H2,1-3H3/t19-/m1/s1. The molecule has 0 bridgehead atoms. The molecule has 1 aliphatic rings. The van der Waals surface area contributed by atoms with Crippen LogP contribution in [0.3, 0.4) is 0 Å². The van der Waals surface area contributed by atoms with Crippen LogP contribution in [0.2, 0.25) is 0 Å². The Hall–Kier alpha value is -1.55. The maximum absolute atomic E-state index is 12.4. The van der Waals surface area contributed by atoms with Crippen LogP contribution in [0.4, 0.5) is 4.79 Å². The Kier molecular flexibility index (Phi) is 5.69. The molecular formula is C19H29NO3. The van der Waals surface area contributed by atoms with Crippen LogP contribution in [0.1, 0.15) is 58.4 Å². The lowest BCUT2D eigenvalue weighted by molar-refractivity contribution is -0.131. The number of benzene rings is 1. The summed E-state index contributed by atoms with van der Waals surface area (Å²) in [6, 6.07) is 10.2. The Balaban J connectivity index is 1.96. The van der Waals surface area contributed by atoms with Gasteiger partial charge in [0.15, 0.2) is 0 Å². The van der Waals surface area contributed by atoms with Gasteiger partial charge in [-0.1, -0.05) is 30.3 Å². The lowest BCUT2D eigenvalue weighted by Gasteiger charge is -2.43. The lowest BCUT2D eigenvalue weighted by atomic mass is 9.92. The van der Waals surface area contributed by atoms with Crippen LogP contribution in [0.25, 0.3) is 0 Å². The van der Waals surface area contributed by atoms with E-state index in [0.29, 0.717) is 19.4 Å². The molecule has 0 spiro atoms. The van der Waals surface area contributed by atoms with Gasteiger partial charge in [-0.05, 0) is 64.9 Å². The average molecular weight is 319 g/mol. The van der Waals surface area contributed by atoms with Crippen LogP contribution >= 0.6 is 0 Å². The van der Waals surface area contributed by atoms with Gasteiger partial charge in [-0.15, -0.1) is 0 Å². The summed E-state index contributed by atoms with van der Waals surface area (Å²) in [6.45, 7) is 6.12.